The van der Waals surface area contributed by atoms with Crippen molar-refractivity contribution in [1.82, 2.24) is 25.9 Å². The number of aromatic nitrogens is 4. The molecule has 90 valence electrons. The fourth-order valence-electron chi connectivity index (χ4n) is 1.36. The minimum atomic E-state index is 0.0659. The van der Waals surface area contributed by atoms with E-state index in [-0.39, 0.29) is 6.04 Å². The van der Waals surface area contributed by atoms with Crippen LogP contribution in [0.4, 0.5) is 0 Å². The second-order valence-electron chi connectivity index (χ2n) is 3.62. The Morgan fingerprint density at radius 3 is 2.82 bits per heavy atom. The Morgan fingerprint density at radius 1 is 1.35 bits per heavy atom. The van der Waals surface area contributed by atoms with Gasteiger partial charge in [0.05, 0.1) is 6.04 Å². The van der Waals surface area contributed by atoms with Crippen LogP contribution < -0.4 is 5.32 Å². The third kappa shape index (κ3) is 3.34. The molecule has 1 aromatic heterocycles. The molecule has 1 heterocycles. The fourth-order valence-corrected chi connectivity index (χ4v) is 2.04. The van der Waals surface area contributed by atoms with Crippen molar-refractivity contribution in [2.24, 2.45) is 0 Å². The highest BCUT2D eigenvalue weighted by atomic mass is 79.9. The first-order chi connectivity index (χ1) is 8.16. The number of rotatable bonds is 4. The number of benzene rings is 1. The van der Waals surface area contributed by atoms with Crippen LogP contribution in [0, 0.1) is 0 Å². The maximum absolute atomic E-state index is 3.93. The van der Waals surface area contributed by atoms with Gasteiger partial charge in [-0.2, -0.15) is 5.21 Å². The largest absolute Gasteiger partial charge is 0.303 e. The molecule has 0 saturated heterocycles. The van der Waals surface area contributed by atoms with E-state index in [2.05, 4.69) is 69.9 Å². The summed E-state index contributed by atoms with van der Waals surface area (Å²) in [5.41, 5.74) is 1.19. The number of aromatic amines is 1. The zero-order valence-electron chi connectivity index (χ0n) is 9.11. The molecule has 0 aliphatic rings. The molecule has 1 atom stereocenters. The van der Waals surface area contributed by atoms with E-state index in [4.69, 9.17) is 0 Å². The number of nitrogens with one attached hydrogen (secondary N) is 2. The highest BCUT2D eigenvalue weighted by Crippen LogP contribution is 2.23. The summed E-state index contributed by atoms with van der Waals surface area (Å²) in [5, 5.41) is 17.2. The van der Waals surface area contributed by atoms with Crippen LogP contribution in [0.2, 0.25) is 0 Å². The molecule has 0 saturated carbocycles. The van der Waals surface area contributed by atoms with Crippen molar-refractivity contribution in [1.29, 1.82) is 0 Å². The Bertz CT molecular complexity index is 485. The number of tetrazole rings is 1. The van der Waals surface area contributed by atoms with Gasteiger partial charge in [-0.1, -0.05) is 11.3 Å². The Morgan fingerprint density at radius 2 is 2.18 bits per heavy atom. The summed E-state index contributed by atoms with van der Waals surface area (Å²) in [4.78, 5) is 0. The minimum absolute atomic E-state index is 0.0659. The van der Waals surface area contributed by atoms with E-state index in [1.165, 1.54) is 5.56 Å². The highest BCUT2D eigenvalue weighted by Gasteiger charge is 2.09. The number of H-pyrrole nitrogens is 1. The molecule has 17 heavy (non-hydrogen) atoms. The molecule has 0 amide bonds. The van der Waals surface area contributed by atoms with Gasteiger partial charge in [0.25, 0.3) is 0 Å². The average molecular weight is 361 g/mol. The molecule has 7 heteroatoms. The van der Waals surface area contributed by atoms with Gasteiger partial charge < -0.3 is 5.32 Å². The Hall–Kier alpha value is -0.790. The van der Waals surface area contributed by atoms with E-state index in [1.54, 1.807) is 0 Å². The second-order valence-corrected chi connectivity index (χ2v) is 5.33. The van der Waals surface area contributed by atoms with E-state index in [0.29, 0.717) is 5.82 Å². The van der Waals surface area contributed by atoms with Gasteiger partial charge in [0.2, 0.25) is 0 Å². The molecule has 0 fully saturated rings. The number of nitrogens with zero attached hydrogens (tertiary/aromatic N) is 3. The van der Waals surface area contributed by atoms with E-state index in [1.807, 2.05) is 13.0 Å². The molecule has 0 aliphatic carbocycles. The lowest BCUT2D eigenvalue weighted by Gasteiger charge is -2.10. The Labute approximate surface area is 116 Å². The molecular formula is C10H11Br2N5. The molecule has 2 rings (SSSR count). The monoisotopic (exact) mass is 359 g/mol. The molecule has 0 aliphatic heterocycles. The number of halogens is 2. The molecule has 5 nitrogen and oxygen atoms in total. The molecule has 2 aromatic rings. The zero-order chi connectivity index (χ0) is 12.3. The topological polar surface area (TPSA) is 66.5 Å². The van der Waals surface area contributed by atoms with E-state index < -0.39 is 0 Å². The Balaban J connectivity index is 1.96. The van der Waals surface area contributed by atoms with E-state index in [9.17, 15) is 0 Å². The standard InChI is InChI=1S/C10H11Br2N5/c1-6(10-14-16-17-15-10)13-5-7-2-3-8(11)9(12)4-7/h2-4,6,13H,5H2,1H3,(H,14,15,16,17). The predicted molar refractivity (Wildman–Crippen MR) is 71.3 cm³/mol. The van der Waals surface area contributed by atoms with E-state index >= 15 is 0 Å². The first-order valence-corrected chi connectivity index (χ1v) is 6.66. The van der Waals surface area contributed by atoms with Crippen molar-refractivity contribution >= 4 is 31.9 Å². The van der Waals surface area contributed by atoms with Crippen LogP contribution in [0.5, 0.6) is 0 Å². The first-order valence-electron chi connectivity index (χ1n) is 5.07. The van der Waals surface area contributed by atoms with Crippen LogP contribution in [-0.2, 0) is 6.54 Å². The zero-order valence-corrected chi connectivity index (χ0v) is 12.3. The smallest absolute Gasteiger partial charge is 0.191 e. The van der Waals surface area contributed by atoms with Crippen molar-refractivity contribution in [3.63, 3.8) is 0 Å². The van der Waals surface area contributed by atoms with Crippen LogP contribution in [0.3, 0.4) is 0 Å². The normalized spacial score (nSPS) is 12.6. The van der Waals surface area contributed by atoms with Crippen LogP contribution in [0.1, 0.15) is 24.4 Å². The maximum atomic E-state index is 3.93. The molecule has 0 radical (unpaired) electrons. The van der Waals surface area contributed by atoms with Crippen LogP contribution in [-0.4, -0.2) is 20.6 Å². The van der Waals surface area contributed by atoms with Gasteiger partial charge in [-0.3, -0.25) is 0 Å². The van der Waals surface area contributed by atoms with Crippen LogP contribution in [0.15, 0.2) is 27.1 Å². The van der Waals surface area contributed by atoms with Crippen molar-refractivity contribution < 1.29 is 0 Å². The summed E-state index contributed by atoms with van der Waals surface area (Å²) < 4.78 is 2.09. The third-order valence-corrected chi connectivity index (χ3v) is 4.23. The van der Waals surface area contributed by atoms with E-state index in [0.717, 1.165) is 15.5 Å². The summed E-state index contributed by atoms with van der Waals surface area (Å²) in [6.45, 7) is 2.75. The number of hydrogen-bond acceptors (Lipinski definition) is 4. The molecule has 0 spiro atoms. The van der Waals surface area contributed by atoms with Crippen molar-refractivity contribution in [2.75, 3.05) is 0 Å². The summed E-state index contributed by atoms with van der Waals surface area (Å²) in [6.07, 6.45) is 0. The van der Waals surface area contributed by atoms with Gasteiger partial charge in [0.15, 0.2) is 5.82 Å². The molecule has 1 unspecified atom stereocenters. The van der Waals surface area contributed by atoms with Crippen LogP contribution in [0.25, 0.3) is 0 Å². The molecule has 0 bridgehead atoms. The quantitative estimate of drug-likeness (QED) is 0.879. The van der Waals surface area contributed by atoms with Gasteiger partial charge in [-0.05, 0) is 56.5 Å². The van der Waals surface area contributed by atoms with Crippen LogP contribution >= 0.6 is 31.9 Å². The first kappa shape index (κ1) is 12.7. The summed E-state index contributed by atoms with van der Waals surface area (Å²) >= 11 is 6.92. The van der Waals surface area contributed by atoms with Crippen molar-refractivity contribution in [3.05, 3.63) is 38.5 Å². The minimum Gasteiger partial charge on any atom is -0.303 e. The lowest BCUT2D eigenvalue weighted by molar-refractivity contribution is 0.546. The summed E-state index contributed by atoms with van der Waals surface area (Å²) in [5.74, 6) is 0.668. The average Bonchev–Trinajstić information content (AvgIpc) is 2.84. The van der Waals surface area contributed by atoms with Gasteiger partial charge in [-0.15, -0.1) is 10.2 Å². The SMILES string of the molecule is CC(NCc1ccc(Br)c(Br)c1)c1nn[nH]n1. The van der Waals surface area contributed by atoms with Crippen molar-refractivity contribution in [2.45, 2.75) is 19.5 Å². The summed E-state index contributed by atoms with van der Waals surface area (Å²) in [6, 6.07) is 6.21. The lowest BCUT2D eigenvalue weighted by atomic mass is 10.2. The third-order valence-electron chi connectivity index (χ3n) is 2.35. The molecule has 2 N–H and O–H groups in total. The second kappa shape index (κ2) is 5.70. The van der Waals surface area contributed by atoms with Gasteiger partial charge in [-0.25, -0.2) is 0 Å². The number of hydrogen-bond donors (Lipinski definition) is 2. The highest BCUT2D eigenvalue weighted by molar-refractivity contribution is 9.13. The van der Waals surface area contributed by atoms with Gasteiger partial charge in [0.1, 0.15) is 0 Å². The Kier molecular flexibility index (Phi) is 4.25. The maximum Gasteiger partial charge on any atom is 0.191 e. The van der Waals surface area contributed by atoms with Crippen molar-refractivity contribution in [3.8, 4) is 0 Å². The van der Waals surface area contributed by atoms with Gasteiger partial charge >= 0.3 is 0 Å². The molecular weight excluding hydrogens is 350 g/mol. The predicted octanol–water partition coefficient (Wildman–Crippen LogP) is 2.58. The molecule has 1 aromatic carbocycles. The lowest BCUT2D eigenvalue weighted by Crippen LogP contribution is -2.19. The fraction of sp³-hybridized carbons (Fsp3) is 0.300. The summed E-state index contributed by atoms with van der Waals surface area (Å²) in [7, 11) is 0. The van der Waals surface area contributed by atoms with Gasteiger partial charge in [0, 0.05) is 15.5 Å².